The van der Waals surface area contributed by atoms with E-state index in [0.29, 0.717) is 30.1 Å². The minimum Gasteiger partial charge on any atom is -0.355 e. The van der Waals surface area contributed by atoms with Crippen molar-refractivity contribution in [2.24, 2.45) is 0 Å². The summed E-state index contributed by atoms with van der Waals surface area (Å²) in [4.78, 5) is 25.4. The van der Waals surface area contributed by atoms with E-state index in [2.05, 4.69) is 97.5 Å². The number of nitrogens with zero attached hydrogens (tertiary/aromatic N) is 1. The lowest BCUT2D eigenvalue weighted by Crippen LogP contribution is -2.22. The highest BCUT2D eigenvalue weighted by molar-refractivity contribution is 6.01. The summed E-state index contributed by atoms with van der Waals surface area (Å²) in [5.41, 5.74) is 10.2. The number of carbonyl (C=O) groups is 2. The molecule has 4 aromatic carbocycles. The summed E-state index contributed by atoms with van der Waals surface area (Å²) >= 11 is 0. The fourth-order valence-electron chi connectivity index (χ4n) is 5.38. The number of aromatic nitrogens is 1. The molecule has 0 aliphatic rings. The van der Waals surface area contributed by atoms with Crippen LogP contribution in [0.5, 0.6) is 0 Å². The van der Waals surface area contributed by atoms with Gasteiger partial charge < -0.3 is 15.2 Å². The number of hydrogen-bond acceptors (Lipinski definition) is 2. The number of hydrogen-bond donors (Lipinski definition) is 2. The fraction of sp³-hybridized carbons (Fsp3) is 0.222. The van der Waals surface area contributed by atoms with Crippen LogP contribution in [-0.2, 0) is 13.1 Å². The van der Waals surface area contributed by atoms with Gasteiger partial charge in [0, 0.05) is 47.9 Å². The molecule has 0 bridgehead atoms. The van der Waals surface area contributed by atoms with Gasteiger partial charge in [-0.15, -0.1) is 0 Å². The summed E-state index contributed by atoms with van der Waals surface area (Å²) in [6.07, 6.45) is 0. The van der Waals surface area contributed by atoms with E-state index < -0.39 is 0 Å². The second kappa shape index (κ2) is 11.8. The smallest absolute Gasteiger partial charge is 0.251 e. The van der Waals surface area contributed by atoms with Gasteiger partial charge in [0.15, 0.2) is 0 Å². The lowest BCUT2D eigenvalue weighted by Gasteiger charge is -2.12. The van der Waals surface area contributed by atoms with Crippen molar-refractivity contribution in [2.75, 3.05) is 7.05 Å². The molecule has 0 atom stereocenters. The topological polar surface area (TPSA) is 63.1 Å². The zero-order valence-corrected chi connectivity index (χ0v) is 24.4. The van der Waals surface area contributed by atoms with Crippen LogP contribution in [0.1, 0.15) is 68.4 Å². The molecule has 5 nitrogen and oxygen atoms in total. The van der Waals surface area contributed by atoms with Gasteiger partial charge in [0.25, 0.3) is 11.8 Å². The summed E-state index contributed by atoms with van der Waals surface area (Å²) in [6.45, 7) is 9.81. The molecule has 2 amide bonds. The van der Waals surface area contributed by atoms with Gasteiger partial charge in [-0.3, -0.25) is 9.59 Å². The van der Waals surface area contributed by atoms with E-state index in [1.165, 1.54) is 16.8 Å². The molecule has 0 radical (unpaired) electrons. The molecule has 41 heavy (non-hydrogen) atoms. The first-order chi connectivity index (χ1) is 19.8. The molecule has 1 aromatic heterocycles. The Bertz CT molecular complexity index is 1730. The molecule has 5 heteroatoms. The molecule has 5 aromatic rings. The van der Waals surface area contributed by atoms with Gasteiger partial charge in [0.2, 0.25) is 0 Å². The zero-order chi connectivity index (χ0) is 29.1. The second-order valence-corrected chi connectivity index (χ2v) is 10.9. The standard InChI is InChI=1S/C36H37N3O2/c1-23(2)29-10-8-9-27(19-29)21-38-35(40)30-17-18-34-33(20-30)24(3)25(4)39(34)22-26-13-15-28(16-14-26)31-11-6-7-12-32(31)36(41)37-5/h6-20,23H,21-22H2,1-5H3,(H,37,41)(H,38,40). The Hall–Kier alpha value is -4.64. The maximum atomic E-state index is 13.1. The highest BCUT2D eigenvalue weighted by Crippen LogP contribution is 2.29. The van der Waals surface area contributed by atoms with Crippen LogP contribution < -0.4 is 10.6 Å². The first kappa shape index (κ1) is 27.9. The molecular formula is C36H37N3O2. The van der Waals surface area contributed by atoms with Crippen LogP contribution in [0, 0.1) is 13.8 Å². The highest BCUT2D eigenvalue weighted by Gasteiger charge is 2.15. The molecule has 0 aliphatic heterocycles. The number of aryl methyl sites for hydroxylation is 1. The van der Waals surface area contributed by atoms with Crippen LogP contribution in [0.2, 0.25) is 0 Å². The molecule has 0 saturated carbocycles. The molecule has 208 valence electrons. The van der Waals surface area contributed by atoms with Gasteiger partial charge in [-0.2, -0.15) is 0 Å². The van der Waals surface area contributed by atoms with Gasteiger partial charge in [-0.25, -0.2) is 0 Å². The predicted octanol–water partition coefficient (Wildman–Crippen LogP) is 7.39. The predicted molar refractivity (Wildman–Crippen MR) is 167 cm³/mol. The number of nitrogens with one attached hydrogen (secondary N) is 2. The largest absolute Gasteiger partial charge is 0.355 e. The van der Waals surface area contributed by atoms with Crippen LogP contribution in [0.4, 0.5) is 0 Å². The molecule has 1 heterocycles. The minimum atomic E-state index is -0.0945. The zero-order valence-electron chi connectivity index (χ0n) is 24.4. The van der Waals surface area contributed by atoms with Crippen molar-refractivity contribution < 1.29 is 9.59 Å². The lowest BCUT2D eigenvalue weighted by molar-refractivity contribution is 0.0947. The summed E-state index contributed by atoms with van der Waals surface area (Å²) in [6, 6.07) is 30.4. The Morgan fingerprint density at radius 3 is 2.29 bits per heavy atom. The summed E-state index contributed by atoms with van der Waals surface area (Å²) in [7, 11) is 1.65. The fourth-order valence-corrected chi connectivity index (χ4v) is 5.38. The van der Waals surface area contributed by atoms with Crippen LogP contribution >= 0.6 is 0 Å². The van der Waals surface area contributed by atoms with E-state index in [0.717, 1.165) is 33.2 Å². The van der Waals surface area contributed by atoms with E-state index in [4.69, 9.17) is 0 Å². The Labute approximate surface area is 242 Å². The van der Waals surface area contributed by atoms with Crippen molar-refractivity contribution in [3.63, 3.8) is 0 Å². The van der Waals surface area contributed by atoms with Crippen molar-refractivity contribution in [3.8, 4) is 11.1 Å². The molecule has 0 spiro atoms. The minimum absolute atomic E-state index is 0.0701. The van der Waals surface area contributed by atoms with Crippen LogP contribution in [0.3, 0.4) is 0 Å². The number of rotatable bonds is 8. The molecule has 0 saturated heterocycles. The van der Waals surface area contributed by atoms with E-state index in [1.807, 2.05) is 36.4 Å². The van der Waals surface area contributed by atoms with E-state index in [1.54, 1.807) is 7.05 Å². The Balaban J connectivity index is 1.35. The third-order valence-corrected chi connectivity index (χ3v) is 7.98. The quantitative estimate of drug-likeness (QED) is 0.214. The number of carbonyl (C=O) groups excluding carboxylic acids is 2. The van der Waals surface area contributed by atoms with Crippen LogP contribution in [0.25, 0.3) is 22.0 Å². The number of benzene rings is 4. The summed E-state index contributed by atoms with van der Waals surface area (Å²) in [5.74, 6) is 0.286. The van der Waals surface area contributed by atoms with E-state index in [9.17, 15) is 9.59 Å². The number of fused-ring (bicyclic) bond motifs is 1. The number of amides is 2. The second-order valence-electron chi connectivity index (χ2n) is 10.9. The van der Waals surface area contributed by atoms with Crippen LogP contribution in [0.15, 0.2) is 91.0 Å². The Morgan fingerprint density at radius 1 is 0.805 bits per heavy atom. The van der Waals surface area contributed by atoms with E-state index in [-0.39, 0.29) is 11.8 Å². The lowest BCUT2D eigenvalue weighted by atomic mass is 9.98. The van der Waals surface area contributed by atoms with Gasteiger partial charge in [-0.05, 0) is 77.4 Å². The van der Waals surface area contributed by atoms with Gasteiger partial charge in [0.05, 0.1) is 0 Å². The van der Waals surface area contributed by atoms with Gasteiger partial charge >= 0.3 is 0 Å². The highest BCUT2D eigenvalue weighted by atomic mass is 16.2. The molecule has 0 unspecified atom stereocenters. The van der Waals surface area contributed by atoms with Crippen molar-refractivity contribution >= 4 is 22.7 Å². The summed E-state index contributed by atoms with van der Waals surface area (Å²) < 4.78 is 2.30. The maximum absolute atomic E-state index is 13.1. The SMILES string of the molecule is CNC(=O)c1ccccc1-c1ccc(Cn2c(C)c(C)c3cc(C(=O)NCc4cccc(C(C)C)c4)ccc32)cc1. The van der Waals surface area contributed by atoms with Crippen molar-refractivity contribution in [2.45, 2.75) is 46.7 Å². The van der Waals surface area contributed by atoms with Crippen molar-refractivity contribution in [1.82, 2.24) is 15.2 Å². The Morgan fingerprint density at radius 2 is 1.56 bits per heavy atom. The average Bonchev–Trinajstić information content (AvgIpc) is 3.24. The Kier molecular flexibility index (Phi) is 8.06. The normalized spacial score (nSPS) is 11.2. The molecule has 0 fully saturated rings. The van der Waals surface area contributed by atoms with E-state index >= 15 is 0 Å². The van der Waals surface area contributed by atoms with Crippen molar-refractivity contribution in [3.05, 3.63) is 130 Å². The molecule has 0 aliphatic carbocycles. The average molecular weight is 544 g/mol. The third kappa shape index (κ3) is 5.80. The van der Waals surface area contributed by atoms with Crippen molar-refractivity contribution in [1.29, 1.82) is 0 Å². The monoisotopic (exact) mass is 543 g/mol. The first-order valence-electron chi connectivity index (χ1n) is 14.1. The maximum Gasteiger partial charge on any atom is 0.251 e. The molecule has 2 N–H and O–H groups in total. The molecule has 5 rings (SSSR count). The molecular weight excluding hydrogens is 506 g/mol. The van der Waals surface area contributed by atoms with Gasteiger partial charge in [0.1, 0.15) is 0 Å². The van der Waals surface area contributed by atoms with Gasteiger partial charge in [-0.1, -0.05) is 80.6 Å². The summed E-state index contributed by atoms with van der Waals surface area (Å²) in [5, 5.41) is 6.90. The third-order valence-electron chi connectivity index (χ3n) is 7.98. The van der Waals surface area contributed by atoms with Crippen LogP contribution in [-0.4, -0.2) is 23.4 Å². The first-order valence-corrected chi connectivity index (χ1v) is 14.1.